The number of hydrogen-bond donors (Lipinski definition) is 2. The number of fused-ring (bicyclic) bond motifs is 1. The third-order valence-electron chi connectivity index (χ3n) is 5.20. The van der Waals surface area contributed by atoms with Crippen LogP contribution in [0, 0.1) is 11.3 Å². The maximum Gasteiger partial charge on any atom is 0.287 e. The third kappa shape index (κ3) is 3.83. The molecule has 4 rings (SSSR count). The van der Waals surface area contributed by atoms with Gasteiger partial charge in [-0.1, -0.05) is 37.5 Å². The van der Waals surface area contributed by atoms with Crippen LogP contribution in [0.15, 0.2) is 48.7 Å². The van der Waals surface area contributed by atoms with Gasteiger partial charge in [-0.3, -0.25) is 14.0 Å². The summed E-state index contributed by atoms with van der Waals surface area (Å²) < 4.78 is 1.63. The number of carbonyl (C=O) groups excluding carboxylic acids is 2. The molecule has 0 aliphatic heterocycles. The lowest BCUT2D eigenvalue weighted by atomic mass is 9.95. The predicted octanol–water partition coefficient (Wildman–Crippen LogP) is 3.52. The van der Waals surface area contributed by atoms with Crippen molar-refractivity contribution in [2.75, 3.05) is 5.32 Å². The Labute approximate surface area is 168 Å². The molecule has 7 nitrogen and oxygen atoms in total. The van der Waals surface area contributed by atoms with Crippen molar-refractivity contribution in [3.63, 3.8) is 0 Å². The first-order chi connectivity index (χ1) is 14.2. The standard InChI is InChI=1S/C22H21N5O2/c23-14-15-8-4-5-11-17(15)25-21(28)19-18-12-6-7-13-27(18)20(26-19)22(29)24-16-9-2-1-3-10-16/h4-8,11-13,16H,1-3,9-10H2,(H,24,29)(H,25,28). The second-order valence-electron chi connectivity index (χ2n) is 7.16. The van der Waals surface area contributed by atoms with Gasteiger partial charge in [-0.25, -0.2) is 4.98 Å². The number of carbonyl (C=O) groups is 2. The molecule has 0 radical (unpaired) electrons. The van der Waals surface area contributed by atoms with Crippen LogP contribution in [0.5, 0.6) is 0 Å². The van der Waals surface area contributed by atoms with Gasteiger partial charge in [0.2, 0.25) is 5.82 Å². The van der Waals surface area contributed by atoms with Gasteiger partial charge in [-0.15, -0.1) is 0 Å². The van der Waals surface area contributed by atoms with Crippen LogP contribution in [-0.4, -0.2) is 27.2 Å². The van der Waals surface area contributed by atoms with Crippen LogP contribution >= 0.6 is 0 Å². The van der Waals surface area contributed by atoms with E-state index >= 15 is 0 Å². The second-order valence-corrected chi connectivity index (χ2v) is 7.16. The number of hydrogen-bond acceptors (Lipinski definition) is 4. The van der Waals surface area contributed by atoms with Crippen molar-refractivity contribution in [1.82, 2.24) is 14.7 Å². The Morgan fingerprint density at radius 2 is 1.79 bits per heavy atom. The average Bonchev–Trinajstić information content (AvgIpc) is 3.15. The lowest BCUT2D eigenvalue weighted by molar-refractivity contribution is 0.0916. The number of pyridine rings is 1. The molecule has 1 fully saturated rings. The predicted molar refractivity (Wildman–Crippen MR) is 109 cm³/mol. The molecule has 2 heterocycles. The number of para-hydroxylation sites is 1. The summed E-state index contributed by atoms with van der Waals surface area (Å²) in [5, 5.41) is 15.0. The van der Waals surface area contributed by atoms with Crippen LogP contribution in [0.25, 0.3) is 5.52 Å². The van der Waals surface area contributed by atoms with E-state index in [9.17, 15) is 14.9 Å². The minimum absolute atomic E-state index is 0.145. The van der Waals surface area contributed by atoms with Gasteiger partial charge in [-0.2, -0.15) is 5.26 Å². The maximum atomic E-state index is 12.9. The van der Waals surface area contributed by atoms with Crippen molar-refractivity contribution in [2.45, 2.75) is 38.1 Å². The summed E-state index contributed by atoms with van der Waals surface area (Å²) in [6, 6.07) is 14.3. The van der Waals surface area contributed by atoms with Crippen molar-refractivity contribution < 1.29 is 9.59 Å². The largest absolute Gasteiger partial charge is 0.347 e. The zero-order chi connectivity index (χ0) is 20.2. The topological polar surface area (TPSA) is 99.3 Å². The van der Waals surface area contributed by atoms with Crippen molar-refractivity contribution in [1.29, 1.82) is 5.26 Å². The molecule has 29 heavy (non-hydrogen) atoms. The molecule has 2 N–H and O–H groups in total. The smallest absolute Gasteiger partial charge is 0.287 e. The fourth-order valence-corrected chi connectivity index (χ4v) is 3.73. The second kappa shape index (κ2) is 8.15. The molecular weight excluding hydrogens is 366 g/mol. The van der Waals surface area contributed by atoms with Gasteiger partial charge in [0.1, 0.15) is 6.07 Å². The minimum Gasteiger partial charge on any atom is -0.347 e. The molecule has 1 aliphatic rings. The molecule has 1 aliphatic carbocycles. The molecule has 2 amide bonds. The summed E-state index contributed by atoms with van der Waals surface area (Å²) in [6.07, 6.45) is 7.07. The molecule has 146 valence electrons. The number of nitrogens with one attached hydrogen (secondary N) is 2. The average molecular weight is 387 g/mol. The zero-order valence-corrected chi connectivity index (χ0v) is 15.9. The van der Waals surface area contributed by atoms with Crippen LogP contribution in [0.4, 0.5) is 5.69 Å². The fourth-order valence-electron chi connectivity index (χ4n) is 3.73. The van der Waals surface area contributed by atoms with E-state index in [-0.39, 0.29) is 23.5 Å². The Balaban J connectivity index is 1.64. The Kier molecular flexibility index (Phi) is 5.25. The number of nitriles is 1. The fraction of sp³-hybridized carbons (Fsp3) is 0.273. The number of imidazole rings is 1. The number of rotatable bonds is 4. The molecular formula is C22H21N5O2. The van der Waals surface area contributed by atoms with Crippen molar-refractivity contribution in [3.8, 4) is 6.07 Å². The van der Waals surface area contributed by atoms with Crippen LogP contribution in [0.3, 0.4) is 0 Å². The summed E-state index contributed by atoms with van der Waals surface area (Å²) in [5.74, 6) is -0.562. The van der Waals surface area contributed by atoms with Crippen molar-refractivity contribution >= 4 is 23.0 Å². The minimum atomic E-state index is -0.465. The molecule has 0 bridgehead atoms. The van der Waals surface area contributed by atoms with Crippen LogP contribution < -0.4 is 10.6 Å². The lowest BCUT2D eigenvalue weighted by Crippen LogP contribution is -2.37. The molecule has 7 heteroatoms. The summed E-state index contributed by atoms with van der Waals surface area (Å²) in [4.78, 5) is 30.1. The first-order valence-corrected chi connectivity index (χ1v) is 9.76. The van der Waals surface area contributed by atoms with E-state index in [1.54, 1.807) is 53.1 Å². The monoisotopic (exact) mass is 387 g/mol. The van der Waals surface area contributed by atoms with Gasteiger partial charge in [0.05, 0.1) is 16.8 Å². The van der Waals surface area contributed by atoms with Gasteiger partial charge >= 0.3 is 0 Å². The summed E-state index contributed by atoms with van der Waals surface area (Å²) >= 11 is 0. The number of nitrogens with zero attached hydrogens (tertiary/aromatic N) is 3. The zero-order valence-electron chi connectivity index (χ0n) is 15.9. The molecule has 3 aromatic rings. The molecule has 1 saturated carbocycles. The Morgan fingerprint density at radius 3 is 2.59 bits per heavy atom. The van der Waals surface area contributed by atoms with Crippen molar-refractivity contribution in [2.24, 2.45) is 0 Å². The highest BCUT2D eigenvalue weighted by molar-refractivity contribution is 6.09. The highest BCUT2D eigenvalue weighted by Crippen LogP contribution is 2.20. The van der Waals surface area contributed by atoms with E-state index in [4.69, 9.17) is 0 Å². The Hall–Kier alpha value is -3.66. The summed E-state index contributed by atoms with van der Waals surface area (Å²) in [7, 11) is 0. The molecule has 2 aromatic heterocycles. The van der Waals surface area contributed by atoms with E-state index in [1.807, 2.05) is 0 Å². The Morgan fingerprint density at radius 1 is 1.03 bits per heavy atom. The number of amides is 2. The molecule has 0 spiro atoms. The lowest BCUT2D eigenvalue weighted by Gasteiger charge is -2.22. The quantitative estimate of drug-likeness (QED) is 0.715. The van der Waals surface area contributed by atoms with E-state index in [0.29, 0.717) is 16.8 Å². The highest BCUT2D eigenvalue weighted by atomic mass is 16.2. The molecule has 0 unspecified atom stereocenters. The summed E-state index contributed by atoms with van der Waals surface area (Å²) in [5.41, 5.74) is 1.45. The highest BCUT2D eigenvalue weighted by Gasteiger charge is 2.24. The number of aromatic nitrogens is 2. The maximum absolute atomic E-state index is 12.9. The van der Waals surface area contributed by atoms with Crippen molar-refractivity contribution in [3.05, 3.63) is 65.7 Å². The van der Waals surface area contributed by atoms with Crippen LogP contribution in [-0.2, 0) is 0 Å². The Bertz CT molecular complexity index is 1110. The number of anilines is 1. The first kappa shape index (κ1) is 18.7. The third-order valence-corrected chi connectivity index (χ3v) is 5.20. The number of benzene rings is 1. The SMILES string of the molecule is N#Cc1ccccc1NC(=O)c1nc(C(=O)NC2CCCCC2)n2ccccc12. The van der Waals surface area contributed by atoms with Gasteiger partial charge < -0.3 is 10.6 Å². The summed E-state index contributed by atoms with van der Waals surface area (Å²) in [6.45, 7) is 0. The molecule has 0 saturated heterocycles. The van der Waals surface area contributed by atoms with Crippen LogP contribution in [0.1, 0.15) is 58.8 Å². The van der Waals surface area contributed by atoms with Gasteiger partial charge in [0.15, 0.2) is 5.69 Å². The van der Waals surface area contributed by atoms with Gasteiger partial charge in [0.25, 0.3) is 11.8 Å². The van der Waals surface area contributed by atoms with Gasteiger partial charge in [0, 0.05) is 12.2 Å². The van der Waals surface area contributed by atoms with Gasteiger partial charge in [-0.05, 0) is 37.1 Å². The van der Waals surface area contributed by atoms with Crippen LogP contribution in [0.2, 0.25) is 0 Å². The first-order valence-electron chi connectivity index (χ1n) is 9.76. The van der Waals surface area contributed by atoms with E-state index < -0.39 is 5.91 Å². The normalized spacial score (nSPS) is 14.3. The van der Waals surface area contributed by atoms with E-state index in [1.165, 1.54) is 6.42 Å². The van der Waals surface area contributed by atoms with E-state index in [0.717, 1.165) is 25.7 Å². The molecule has 1 aromatic carbocycles. The molecule has 0 atom stereocenters. The van der Waals surface area contributed by atoms with E-state index in [2.05, 4.69) is 21.7 Å².